The summed E-state index contributed by atoms with van der Waals surface area (Å²) in [7, 11) is 0. The lowest BCUT2D eigenvalue weighted by molar-refractivity contribution is 0.0138. The van der Waals surface area contributed by atoms with E-state index in [1.165, 1.54) is 16.1 Å². The molecule has 0 N–H and O–H groups in total. The minimum absolute atomic E-state index is 0.0131. The molecule has 1 fully saturated rings. The Kier molecular flexibility index (Phi) is 6.70. The van der Waals surface area contributed by atoms with E-state index in [9.17, 15) is 13.1 Å². The molecule has 0 atom stereocenters. The van der Waals surface area contributed by atoms with Crippen LogP contribution < -0.4 is 0 Å². The number of imidazole rings is 1. The second kappa shape index (κ2) is 8.89. The van der Waals surface area contributed by atoms with Gasteiger partial charge in [0.15, 0.2) is 18.2 Å². The van der Waals surface area contributed by atoms with Gasteiger partial charge in [-0.3, -0.25) is 4.90 Å². The Bertz CT molecular complexity index is 859. The minimum Gasteiger partial charge on any atom is -0.444 e. The maximum atomic E-state index is 13.7. The molecular formula is C19H23ClF2N4O2S. The van der Waals surface area contributed by atoms with Gasteiger partial charge in [0, 0.05) is 43.3 Å². The lowest BCUT2D eigenvalue weighted by Gasteiger charge is -2.35. The van der Waals surface area contributed by atoms with Crippen LogP contribution in [0.5, 0.6) is 0 Å². The van der Waals surface area contributed by atoms with Gasteiger partial charge < -0.3 is 9.64 Å². The summed E-state index contributed by atoms with van der Waals surface area (Å²) in [5.41, 5.74) is 0.509. The van der Waals surface area contributed by atoms with Crippen LogP contribution in [0.2, 0.25) is 5.02 Å². The molecule has 3 rings (SSSR count). The van der Waals surface area contributed by atoms with E-state index in [1.54, 1.807) is 17.2 Å². The van der Waals surface area contributed by atoms with Crippen molar-refractivity contribution >= 4 is 30.0 Å². The van der Waals surface area contributed by atoms with Gasteiger partial charge in [-0.25, -0.2) is 18.1 Å². The number of ether oxygens (including phenoxy) is 1. The van der Waals surface area contributed by atoms with E-state index in [4.69, 9.17) is 16.3 Å². The highest BCUT2D eigenvalue weighted by Gasteiger charge is 2.26. The molecule has 1 aromatic carbocycles. The molecule has 0 spiro atoms. The predicted molar refractivity (Wildman–Crippen MR) is 110 cm³/mol. The van der Waals surface area contributed by atoms with Gasteiger partial charge in [0.05, 0.1) is 11.9 Å². The van der Waals surface area contributed by atoms with Crippen molar-refractivity contribution in [2.75, 3.05) is 26.2 Å². The number of carbonyl (C=O) groups excluding carboxylic acids is 1. The monoisotopic (exact) mass is 444 g/mol. The molecule has 158 valence electrons. The maximum Gasteiger partial charge on any atom is 0.410 e. The third-order valence-electron chi connectivity index (χ3n) is 4.39. The third-order valence-corrected chi connectivity index (χ3v) is 5.15. The summed E-state index contributed by atoms with van der Waals surface area (Å²) < 4.78 is 34.1. The molecule has 29 heavy (non-hydrogen) atoms. The van der Waals surface area contributed by atoms with E-state index >= 15 is 0 Å². The van der Waals surface area contributed by atoms with Crippen LogP contribution in [0.15, 0.2) is 24.4 Å². The first kappa shape index (κ1) is 21.9. The largest absolute Gasteiger partial charge is 0.444 e. The molecule has 0 unspecified atom stereocenters. The number of piperazine rings is 1. The highest BCUT2D eigenvalue weighted by Crippen LogP contribution is 2.29. The fourth-order valence-corrected chi connectivity index (χ4v) is 3.71. The topological polar surface area (TPSA) is 50.6 Å². The standard InChI is InChI=1S/C19H23ClF2N4O2S/c1-19(2,3)28-18(27)25-6-4-24(5-7-25)12-16-11-23-17(26(16)29-22)13-8-14(20)10-15(21)9-13/h8-11H,4-7,12H2,1-3H3. The molecule has 2 aromatic rings. The van der Waals surface area contributed by atoms with E-state index in [1.807, 2.05) is 20.8 Å². The van der Waals surface area contributed by atoms with Gasteiger partial charge in [-0.2, -0.15) is 0 Å². The Morgan fingerprint density at radius 1 is 1.24 bits per heavy atom. The van der Waals surface area contributed by atoms with E-state index in [0.717, 1.165) is 0 Å². The van der Waals surface area contributed by atoms with Crippen molar-refractivity contribution in [3.8, 4) is 11.4 Å². The summed E-state index contributed by atoms with van der Waals surface area (Å²) >= 11 is 5.92. The summed E-state index contributed by atoms with van der Waals surface area (Å²) in [4.78, 5) is 20.2. The van der Waals surface area contributed by atoms with Gasteiger partial charge in [0.1, 0.15) is 11.4 Å². The van der Waals surface area contributed by atoms with Crippen LogP contribution in [-0.2, 0) is 11.3 Å². The Hall–Kier alpha value is -1.84. The fraction of sp³-hybridized carbons (Fsp3) is 0.474. The van der Waals surface area contributed by atoms with Crippen molar-refractivity contribution in [3.63, 3.8) is 0 Å². The number of rotatable bonds is 4. The number of nitrogens with zero attached hydrogens (tertiary/aromatic N) is 4. The Labute approximate surface area is 178 Å². The Balaban J connectivity index is 1.66. The Morgan fingerprint density at radius 3 is 2.52 bits per heavy atom. The fourth-order valence-electron chi connectivity index (χ4n) is 3.08. The van der Waals surface area contributed by atoms with Crippen molar-refractivity contribution in [1.82, 2.24) is 18.8 Å². The first-order valence-electron chi connectivity index (χ1n) is 9.19. The molecule has 0 saturated carbocycles. The summed E-state index contributed by atoms with van der Waals surface area (Å²) in [5.74, 6) is -0.216. The number of carbonyl (C=O) groups is 1. The molecule has 0 bridgehead atoms. The van der Waals surface area contributed by atoms with E-state index in [-0.39, 0.29) is 23.4 Å². The minimum atomic E-state index is -0.532. The van der Waals surface area contributed by atoms with E-state index in [2.05, 4.69) is 9.88 Å². The molecule has 0 aliphatic carbocycles. The predicted octanol–water partition coefficient (Wildman–Crippen LogP) is 4.78. The average Bonchev–Trinajstić information content (AvgIpc) is 3.02. The maximum absolute atomic E-state index is 13.7. The van der Waals surface area contributed by atoms with Crippen LogP contribution in [0.3, 0.4) is 0 Å². The summed E-state index contributed by atoms with van der Waals surface area (Å²) in [5, 5.41) is 0.221. The van der Waals surface area contributed by atoms with Crippen LogP contribution in [-0.4, -0.2) is 56.6 Å². The zero-order chi connectivity index (χ0) is 21.2. The van der Waals surface area contributed by atoms with Crippen molar-refractivity contribution in [2.24, 2.45) is 0 Å². The highest BCUT2D eigenvalue weighted by atomic mass is 35.5. The van der Waals surface area contributed by atoms with Crippen molar-refractivity contribution in [1.29, 1.82) is 0 Å². The highest BCUT2D eigenvalue weighted by molar-refractivity contribution is 7.92. The van der Waals surface area contributed by atoms with Crippen LogP contribution in [0.25, 0.3) is 11.4 Å². The number of aromatic nitrogens is 2. The quantitative estimate of drug-likeness (QED) is 0.679. The zero-order valence-corrected chi connectivity index (χ0v) is 18.1. The summed E-state index contributed by atoms with van der Waals surface area (Å²) in [6.07, 6.45) is 1.24. The molecule has 1 aliphatic rings. The van der Waals surface area contributed by atoms with Gasteiger partial charge in [0.25, 0.3) is 0 Å². The van der Waals surface area contributed by atoms with E-state index in [0.29, 0.717) is 49.8 Å². The van der Waals surface area contributed by atoms with Gasteiger partial charge in [-0.1, -0.05) is 11.6 Å². The second-order valence-electron chi connectivity index (χ2n) is 7.84. The molecular weight excluding hydrogens is 422 g/mol. The van der Waals surface area contributed by atoms with Crippen LogP contribution in [0.1, 0.15) is 26.5 Å². The first-order valence-corrected chi connectivity index (χ1v) is 10.2. The second-order valence-corrected chi connectivity index (χ2v) is 8.78. The van der Waals surface area contributed by atoms with Crippen LogP contribution >= 0.6 is 23.9 Å². The van der Waals surface area contributed by atoms with Crippen LogP contribution in [0, 0.1) is 5.82 Å². The van der Waals surface area contributed by atoms with Gasteiger partial charge in [0.2, 0.25) is 0 Å². The molecule has 6 nitrogen and oxygen atoms in total. The number of hydrogen-bond acceptors (Lipinski definition) is 5. The number of amides is 1. The number of halogens is 3. The zero-order valence-electron chi connectivity index (χ0n) is 16.5. The summed E-state index contributed by atoms with van der Waals surface area (Å²) in [6.45, 7) is 8.26. The van der Waals surface area contributed by atoms with Gasteiger partial charge in [-0.15, -0.1) is 3.89 Å². The molecule has 1 saturated heterocycles. The third kappa shape index (κ3) is 5.61. The molecule has 10 heteroatoms. The number of hydrogen-bond donors (Lipinski definition) is 0. The van der Waals surface area contributed by atoms with E-state index < -0.39 is 11.4 Å². The van der Waals surface area contributed by atoms with Crippen LogP contribution in [0.4, 0.5) is 13.1 Å². The molecule has 1 aromatic heterocycles. The first-order chi connectivity index (χ1) is 13.7. The smallest absolute Gasteiger partial charge is 0.410 e. The molecule has 2 heterocycles. The van der Waals surface area contributed by atoms with Crippen molar-refractivity contribution in [3.05, 3.63) is 40.9 Å². The van der Waals surface area contributed by atoms with Crippen molar-refractivity contribution < 1.29 is 17.8 Å². The average molecular weight is 445 g/mol. The Morgan fingerprint density at radius 2 is 1.93 bits per heavy atom. The number of benzene rings is 1. The SMILES string of the molecule is CC(C)(C)OC(=O)N1CCN(Cc2cnc(-c3cc(F)cc(Cl)c3)n2SF)CC1. The van der Waals surface area contributed by atoms with Crippen molar-refractivity contribution in [2.45, 2.75) is 32.9 Å². The van der Waals surface area contributed by atoms with Gasteiger partial charge in [-0.05, 0) is 39.0 Å². The lowest BCUT2D eigenvalue weighted by Crippen LogP contribution is -2.49. The molecule has 1 amide bonds. The van der Waals surface area contributed by atoms with Gasteiger partial charge >= 0.3 is 6.09 Å². The lowest BCUT2D eigenvalue weighted by atomic mass is 10.2. The molecule has 0 radical (unpaired) electrons. The normalized spacial score (nSPS) is 15.6. The molecule has 1 aliphatic heterocycles. The summed E-state index contributed by atoms with van der Waals surface area (Å²) in [6, 6.07) is 4.00.